The molecule has 0 aromatic heterocycles. The minimum absolute atomic E-state index is 0. The van der Waals surface area contributed by atoms with Crippen molar-refractivity contribution in [1.82, 2.24) is 5.32 Å². The summed E-state index contributed by atoms with van der Waals surface area (Å²) >= 11 is 2.35. The summed E-state index contributed by atoms with van der Waals surface area (Å²) < 4.78 is 1.33. The average Bonchev–Trinajstić information content (AvgIpc) is 1.83. The van der Waals surface area contributed by atoms with Crippen molar-refractivity contribution in [2.75, 3.05) is 6.54 Å². The molecule has 0 spiro atoms. The maximum atomic E-state index is 3.39. The first-order chi connectivity index (χ1) is 5.36. The van der Waals surface area contributed by atoms with E-state index in [9.17, 15) is 0 Å². The van der Waals surface area contributed by atoms with E-state index in [1.54, 1.807) is 0 Å². The number of nitrogens with one attached hydrogen (secondary N) is 1. The topological polar surface area (TPSA) is 12.0 Å². The highest BCUT2D eigenvalue weighted by Crippen LogP contribution is 2.23. The van der Waals surface area contributed by atoms with Gasteiger partial charge in [0.2, 0.25) is 0 Å². The van der Waals surface area contributed by atoms with E-state index in [2.05, 4.69) is 52.2 Å². The van der Waals surface area contributed by atoms with Gasteiger partial charge in [0.15, 0.2) is 0 Å². The van der Waals surface area contributed by atoms with E-state index in [0.29, 0.717) is 6.04 Å². The van der Waals surface area contributed by atoms with Crippen molar-refractivity contribution in [3.05, 3.63) is 33.4 Å². The van der Waals surface area contributed by atoms with Crippen LogP contribution >= 0.6 is 35.0 Å². The lowest BCUT2D eigenvalue weighted by Gasteiger charge is -2.28. The number of rotatable bonds is 1. The van der Waals surface area contributed by atoms with Gasteiger partial charge in [0, 0.05) is 9.61 Å². The minimum atomic E-state index is 0. The molecule has 12 heavy (non-hydrogen) atoms. The summed E-state index contributed by atoms with van der Waals surface area (Å²) in [7, 11) is 0. The van der Waals surface area contributed by atoms with Crippen LogP contribution in [-0.4, -0.2) is 6.54 Å². The van der Waals surface area contributed by atoms with Gasteiger partial charge in [0.1, 0.15) is 0 Å². The van der Waals surface area contributed by atoms with Crippen molar-refractivity contribution >= 4 is 35.0 Å². The lowest BCUT2D eigenvalue weighted by atomic mass is 9.98. The first-order valence-corrected chi connectivity index (χ1v) is 4.93. The molecular weight excluding hydrogens is 284 g/mol. The zero-order valence-corrected chi connectivity index (χ0v) is 9.56. The fraction of sp³-hybridized carbons (Fsp3) is 0.333. The Hall–Kier alpha value is 0.200. The summed E-state index contributed by atoms with van der Waals surface area (Å²) in [4.78, 5) is 0. The van der Waals surface area contributed by atoms with Crippen LogP contribution in [0.3, 0.4) is 0 Å². The van der Waals surface area contributed by atoms with E-state index in [-0.39, 0.29) is 12.4 Å². The summed E-state index contributed by atoms with van der Waals surface area (Å²) in [5, 5.41) is 3.39. The Morgan fingerprint density at radius 2 is 2.17 bits per heavy atom. The molecule has 0 aliphatic carbocycles. The largest absolute Gasteiger partial charge is 0.310 e. The Labute approximate surface area is 92.5 Å². The third kappa shape index (κ3) is 2.12. The molecule has 2 rings (SSSR count). The maximum Gasteiger partial charge on any atom is 0.0332 e. The molecule has 1 aromatic rings. The van der Waals surface area contributed by atoms with E-state index in [1.807, 2.05) is 0 Å². The Bertz CT molecular complexity index is 260. The van der Waals surface area contributed by atoms with Crippen molar-refractivity contribution in [3.8, 4) is 0 Å². The molecule has 0 radical (unpaired) electrons. The summed E-state index contributed by atoms with van der Waals surface area (Å²) in [6, 6.07) is 9.32. The van der Waals surface area contributed by atoms with Crippen LogP contribution in [-0.2, 0) is 0 Å². The highest BCUT2D eigenvalue weighted by atomic mass is 127. The van der Waals surface area contributed by atoms with Gasteiger partial charge in [-0.3, -0.25) is 0 Å². The Kier molecular flexibility index (Phi) is 3.80. The molecule has 3 heteroatoms. The zero-order chi connectivity index (χ0) is 7.68. The van der Waals surface area contributed by atoms with Crippen molar-refractivity contribution in [1.29, 1.82) is 0 Å². The van der Waals surface area contributed by atoms with Crippen LogP contribution < -0.4 is 5.32 Å². The second-order valence-corrected chi connectivity index (χ2v) is 4.10. The van der Waals surface area contributed by atoms with Crippen LogP contribution in [0.5, 0.6) is 0 Å². The van der Waals surface area contributed by atoms with Crippen LogP contribution in [0.25, 0.3) is 0 Å². The predicted molar refractivity (Wildman–Crippen MR) is 61.8 cm³/mol. The minimum Gasteiger partial charge on any atom is -0.310 e. The smallest absolute Gasteiger partial charge is 0.0332 e. The Morgan fingerprint density at radius 3 is 2.67 bits per heavy atom. The highest BCUT2D eigenvalue weighted by Gasteiger charge is 2.17. The third-order valence-corrected chi connectivity index (χ3v) is 2.75. The second-order valence-electron chi connectivity index (χ2n) is 2.85. The van der Waals surface area contributed by atoms with Gasteiger partial charge < -0.3 is 5.32 Å². The standard InChI is InChI=1S/C9H10IN.ClH/c10-8-3-1-2-7(6-8)9-4-5-11-9;/h1-3,6,9,11H,4-5H2;1H/t9-;/m0./s1. The van der Waals surface area contributed by atoms with Gasteiger partial charge in [-0.2, -0.15) is 0 Å². The van der Waals surface area contributed by atoms with Crippen molar-refractivity contribution in [2.45, 2.75) is 12.5 Å². The summed E-state index contributed by atoms with van der Waals surface area (Å²) in [5.41, 5.74) is 1.43. The van der Waals surface area contributed by atoms with E-state index in [4.69, 9.17) is 0 Å². The Morgan fingerprint density at radius 1 is 1.42 bits per heavy atom. The quantitative estimate of drug-likeness (QED) is 0.786. The van der Waals surface area contributed by atoms with Gasteiger partial charge in [0.25, 0.3) is 0 Å². The molecule has 66 valence electrons. The van der Waals surface area contributed by atoms with Gasteiger partial charge in [0.05, 0.1) is 0 Å². The molecule has 1 saturated heterocycles. The first-order valence-electron chi connectivity index (χ1n) is 3.85. The van der Waals surface area contributed by atoms with Gasteiger partial charge >= 0.3 is 0 Å². The van der Waals surface area contributed by atoms with Crippen molar-refractivity contribution in [2.24, 2.45) is 0 Å². The molecule has 1 heterocycles. The fourth-order valence-electron chi connectivity index (χ4n) is 1.30. The molecule has 0 saturated carbocycles. The molecule has 1 aliphatic rings. The van der Waals surface area contributed by atoms with Gasteiger partial charge in [-0.1, -0.05) is 12.1 Å². The molecular formula is C9H11ClIN. The number of benzene rings is 1. The molecule has 1 aromatic carbocycles. The van der Waals surface area contributed by atoms with Gasteiger partial charge in [-0.15, -0.1) is 12.4 Å². The molecule has 0 amide bonds. The number of halogens is 2. The molecule has 1 aliphatic heterocycles. The molecule has 1 nitrogen and oxygen atoms in total. The second kappa shape index (κ2) is 4.44. The zero-order valence-electron chi connectivity index (χ0n) is 6.59. The van der Waals surface area contributed by atoms with E-state index < -0.39 is 0 Å². The number of hydrogen-bond donors (Lipinski definition) is 1. The van der Waals surface area contributed by atoms with Crippen LogP contribution in [0.2, 0.25) is 0 Å². The van der Waals surface area contributed by atoms with Crippen LogP contribution in [0, 0.1) is 3.57 Å². The number of hydrogen-bond acceptors (Lipinski definition) is 1. The van der Waals surface area contributed by atoms with E-state index in [1.165, 1.54) is 22.1 Å². The molecule has 0 bridgehead atoms. The SMILES string of the molecule is Cl.Ic1cccc([C@@H]2CCN2)c1. The van der Waals surface area contributed by atoms with Crippen LogP contribution in [0.15, 0.2) is 24.3 Å². The lowest BCUT2D eigenvalue weighted by Crippen LogP contribution is -2.34. The molecule has 1 atom stereocenters. The summed E-state index contributed by atoms with van der Waals surface area (Å²) in [6.07, 6.45) is 1.29. The Balaban J connectivity index is 0.000000720. The van der Waals surface area contributed by atoms with E-state index >= 15 is 0 Å². The van der Waals surface area contributed by atoms with Crippen molar-refractivity contribution < 1.29 is 0 Å². The molecule has 1 N–H and O–H groups in total. The normalized spacial score (nSPS) is 20.9. The molecule has 0 unspecified atom stereocenters. The average molecular weight is 296 g/mol. The van der Waals surface area contributed by atoms with Gasteiger partial charge in [-0.25, -0.2) is 0 Å². The van der Waals surface area contributed by atoms with E-state index in [0.717, 1.165) is 0 Å². The highest BCUT2D eigenvalue weighted by molar-refractivity contribution is 14.1. The maximum absolute atomic E-state index is 3.39. The first kappa shape index (κ1) is 10.3. The fourth-order valence-corrected chi connectivity index (χ4v) is 1.86. The monoisotopic (exact) mass is 295 g/mol. The van der Waals surface area contributed by atoms with Crippen LogP contribution in [0.4, 0.5) is 0 Å². The van der Waals surface area contributed by atoms with Crippen LogP contribution in [0.1, 0.15) is 18.0 Å². The molecule has 1 fully saturated rings. The predicted octanol–water partition coefficient (Wildman–Crippen LogP) is 2.75. The van der Waals surface area contributed by atoms with Gasteiger partial charge in [-0.05, 0) is 53.3 Å². The summed E-state index contributed by atoms with van der Waals surface area (Å²) in [5.74, 6) is 0. The third-order valence-electron chi connectivity index (χ3n) is 2.07. The lowest BCUT2D eigenvalue weighted by molar-refractivity contribution is 0.383. The van der Waals surface area contributed by atoms with Crippen molar-refractivity contribution in [3.63, 3.8) is 0 Å². The summed E-state index contributed by atoms with van der Waals surface area (Å²) in [6.45, 7) is 1.18.